The Labute approximate surface area is 102 Å². The highest BCUT2D eigenvalue weighted by Crippen LogP contribution is 2.18. The van der Waals surface area contributed by atoms with Crippen molar-refractivity contribution in [2.24, 2.45) is 5.73 Å². The Balaban J connectivity index is 1.86. The lowest BCUT2D eigenvalue weighted by Crippen LogP contribution is -2.12. The van der Waals surface area contributed by atoms with Crippen molar-refractivity contribution in [2.45, 2.75) is 57.6 Å². The Kier molecular flexibility index (Phi) is 4.50. The van der Waals surface area contributed by atoms with Crippen molar-refractivity contribution in [1.82, 2.24) is 10.1 Å². The van der Waals surface area contributed by atoms with Gasteiger partial charge in [-0.3, -0.25) is 0 Å². The minimum atomic E-state index is -0.124. The van der Waals surface area contributed by atoms with Crippen LogP contribution in [0.15, 0.2) is 4.52 Å². The van der Waals surface area contributed by atoms with E-state index in [4.69, 9.17) is 15.0 Å². The summed E-state index contributed by atoms with van der Waals surface area (Å²) >= 11 is 0. The van der Waals surface area contributed by atoms with Gasteiger partial charge < -0.3 is 15.0 Å². The van der Waals surface area contributed by atoms with Crippen LogP contribution in [0.2, 0.25) is 0 Å². The minimum Gasteiger partial charge on any atom is -0.378 e. The van der Waals surface area contributed by atoms with E-state index in [2.05, 4.69) is 17.1 Å². The lowest BCUT2D eigenvalue weighted by Gasteiger charge is -2.05. The van der Waals surface area contributed by atoms with E-state index < -0.39 is 0 Å². The highest BCUT2D eigenvalue weighted by Gasteiger charge is 2.20. The molecule has 17 heavy (non-hydrogen) atoms. The Morgan fingerprint density at radius 3 is 3.12 bits per heavy atom. The van der Waals surface area contributed by atoms with Crippen molar-refractivity contribution < 1.29 is 9.26 Å². The van der Waals surface area contributed by atoms with Crippen molar-refractivity contribution in [2.75, 3.05) is 6.61 Å². The van der Waals surface area contributed by atoms with Gasteiger partial charge in [0.2, 0.25) is 5.89 Å². The predicted molar refractivity (Wildman–Crippen MR) is 63.4 cm³/mol. The third-order valence-corrected chi connectivity index (χ3v) is 3.10. The van der Waals surface area contributed by atoms with Gasteiger partial charge in [0.25, 0.3) is 0 Å². The molecule has 2 rings (SSSR count). The largest absolute Gasteiger partial charge is 0.378 e. The maximum absolute atomic E-state index is 5.98. The fraction of sp³-hybridized carbons (Fsp3) is 0.833. The normalized spacial score (nSPS) is 21.9. The Morgan fingerprint density at radius 1 is 1.53 bits per heavy atom. The lowest BCUT2D eigenvalue weighted by molar-refractivity contribution is 0.109. The van der Waals surface area contributed by atoms with Gasteiger partial charge in [0.15, 0.2) is 5.82 Å². The predicted octanol–water partition coefficient (Wildman–Crippen LogP) is 1.98. The number of nitrogens with zero attached hydrogens (tertiary/aromatic N) is 2. The van der Waals surface area contributed by atoms with E-state index in [1.807, 2.05) is 0 Å². The molecule has 0 bridgehead atoms. The molecule has 0 amide bonds. The van der Waals surface area contributed by atoms with Crippen LogP contribution in [0.4, 0.5) is 0 Å². The summed E-state index contributed by atoms with van der Waals surface area (Å²) in [6.07, 6.45) is 6.33. The first kappa shape index (κ1) is 12.5. The fourth-order valence-corrected chi connectivity index (χ4v) is 2.06. The van der Waals surface area contributed by atoms with E-state index in [0.29, 0.717) is 5.89 Å². The van der Waals surface area contributed by atoms with Gasteiger partial charge in [-0.2, -0.15) is 4.98 Å². The van der Waals surface area contributed by atoms with Crippen LogP contribution < -0.4 is 5.73 Å². The van der Waals surface area contributed by atoms with Gasteiger partial charge in [0.05, 0.1) is 12.1 Å². The number of hydrogen-bond donors (Lipinski definition) is 1. The maximum atomic E-state index is 5.98. The molecule has 1 unspecified atom stereocenters. The monoisotopic (exact) mass is 239 g/mol. The van der Waals surface area contributed by atoms with Crippen LogP contribution in [0.5, 0.6) is 0 Å². The van der Waals surface area contributed by atoms with Crippen LogP contribution in [0.3, 0.4) is 0 Å². The smallest absolute Gasteiger partial charge is 0.243 e. The second kappa shape index (κ2) is 6.12. The van der Waals surface area contributed by atoms with Crippen molar-refractivity contribution in [3.63, 3.8) is 0 Å². The molecule has 0 aromatic carbocycles. The molecule has 2 heterocycles. The van der Waals surface area contributed by atoms with Crippen LogP contribution in [0.1, 0.15) is 56.8 Å². The zero-order chi connectivity index (χ0) is 12.1. The Morgan fingerprint density at radius 2 is 2.41 bits per heavy atom. The number of unbranched alkanes of at least 4 members (excludes halogenated alkanes) is 1. The van der Waals surface area contributed by atoms with E-state index in [-0.39, 0.29) is 12.1 Å². The number of ether oxygens (including phenoxy) is 1. The van der Waals surface area contributed by atoms with Gasteiger partial charge >= 0.3 is 0 Å². The van der Waals surface area contributed by atoms with Crippen LogP contribution in [-0.2, 0) is 11.2 Å². The Bertz CT molecular complexity index is 334. The molecular weight excluding hydrogens is 218 g/mol. The van der Waals surface area contributed by atoms with E-state index in [1.165, 1.54) is 0 Å². The summed E-state index contributed by atoms with van der Waals surface area (Å²) in [5.74, 6) is 1.28. The van der Waals surface area contributed by atoms with Gasteiger partial charge in [-0.05, 0) is 19.3 Å². The van der Waals surface area contributed by atoms with Crippen LogP contribution in [0.25, 0.3) is 0 Å². The molecule has 2 atom stereocenters. The van der Waals surface area contributed by atoms with Crippen LogP contribution in [0, 0.1) is 0 Å². The van der Waals surface area contributed by atoms with E-state index in [9.17, 15) is 0 Å². The minimum absolute atomic E-state index is 0.124. The van der Waals surface area contributed by atoms with E-state index >= 15 is 0 Å². The van der Waals surface area contributed by atoms with Gasteiger partial charge in [0, 0.05) is 13.0 Å². The third kappa shape index (κ3) is 3.51. The zero-order valence-electron chi connectivity index (χ0n) is 10.4. The van der Waals surface area contributed by atoms with Crippen LogP contribution in [-0.4, -0.2) is 22.9 Å². The molecule has 1 fully saturated rings. The molecule has 0 radical (unpaired) electrons. The van der Waals surface area contributed by atoms with Gasteiger partial charge in [0.1, 0.15) is 0 Å². The maximum Gasteiger partial charge on any atom is 0.243 e. The molecule has 0 spiro atoms. The van der Waals surface area contributed by atoms with Crippen LogP contribution >= 0.6 is 0 Å². The summed E-state index contributed by atoms with van der Waals surface area (Å²) < 4.78 is 10.7. The number of aromatic nitrogens is 2. The summed E-state index contributed by atoms with van der Waals surface area (Å²) in [7, 11) is 0. The zero-order valence-corrected chi connectivity index (χ0v) is 10.4. The molecule has 5 nitrogen and oxygen atoms in total. The van der Waals surface area contributed by atoms with Gasteiger partial charge in [-0.15, -0.1) is 0 Å². The second-order valence-electron chi connectivity index (χ2n) is 4.64. The highest BCUT2D eigenvalue weighted by atomic mass is 16.5. The molecule has 1 aromatic heterocycles. The molecule has 1 aliphatic heterocycles. The molecule has 0 saturated carbocycles. The lowest BCUT2D eigenvalue weighted by atomic mass is 10.1. The third-order valence-electron chi connectivity index (χ3n) is 3.10. The number of hydrogen-bond acceptors (Lipinski definition) is 5. The summed E-state index contributed by atoms with van der Waals surface area (Å²) in [6, 6.07) is -0.124. The molecule has 96 valence electrons. The summed E-state index contributed by atoms with van der Waals surface area (Å²) in [4.78, 5) is 4.34. The first-order chi connectivity index (χ1) is 8.29. The average molecular weight is 239 g/mol. The molecule has 0 aliphatic carbocycles. The number of rotatable bonds is 6. The summed E-state index contributed by atoms with van der Waals surface area (Å²) in [5, 5.41) is 3.96. The van der Waals surface area contributed by atoms with Crippen molar-refractivity contribution in [1.29, 1.82) is 0 Å². The highest BCUT2D eigenvalue weighted by molar-refractivity contribution is 4.93. The Hall–Kier alpha value is -0.940. The second-order valence-corrected chi connectivity index (χ2v) is 4.64. The molecular formula is C12H21N3O2. The van der Waals surface area contributed by atoms with E-state index in [1.54, 1.807) is 0 Å². The van der Waals surface area contributed by atoms with E-state index in [0.717, 1.165) is 51.0 Å². The van der Waals surface area contributed by atoms with Crippen molar-refractivity contribution in [3.05, 3.63) is 11.7 Å². The fourth-order valence-electron chi connectivity index (χ4n) is 2.06. The first-order valence-corrected chi connectivity index (χ1v) is 6.49. The van der Waals surface area contributed by atoms with Crippen molar-refractivity contribution in [3.8, 4) is 0 Å². The molecule has 2 N–H and O–H groups in total. The molecule has 1 saturated heterocycles. The number of nitrogens with two attached hydrogens (primary N) is 1. The summed E-state index contributed by atoms with van der Waals surface area (Å²) in [5.41, 5.74) is 5.98. The quantitative estimate of drug-likeness (QED) is 0.821. The first-order valence-electron chi connectivity index (χ1n) is 6.49. The topological polar surface area (TPSA) is 74.2 Å². The van der Waals surface area contributed by atoms with Gasteiger partial charge in [-0.1, -0.05) is 24.9 Å². The SMILES string of the molecule is CCCC[C@H](N)c1nc(CC2CCCO2)no1. The molecule has 5 heteroatoms. The summed E-state index contributed by atoms with van der Waals surface area (Å²) in [6.45, 7) is 2.99. The average Bonchev–Trinajstić information content (AvgIpc) is 2.98. The van der Waals surface area contributed by atoms with Gasteiger partial charge in [-0.25, -0.2) is 0 Å². The molecule has 1 aromatic rings. The standard InChI is InChI=1S/C12H21N3O2/c1-2-3-6-10(13)12-14-11(15-17-12)8-9-5-4-7-16-9/h9-10H,2-8,13H2,1H3/t9?,10-/m0/s1. The molecule has 1 aliphatic rings. The van der Waals surface area contributed by atoms with Crippen molar-refractivity contribution >= 4 is 0 Å².